The number of halogens is 1. The van der Waals surface area contributed by atoms with Crippen LogP contribution in [0.5, 0.6) is 0 Å². The molecule has 0 unspecified atom stereocenters. The number of para-hydroxylation sites is 1. The third kappa shape index (κ3) is 4.79. The predicted octanol–water partition coefficient (Wildman–Crippen LogP) is 1.99. The summed E-state index contributed by atoms with van der Waals surface area (Å²) in [5.41, 5.74) is 0.564. The van der Waals surface area contributed by atoms with Crippen LogP contribution in [0.4, 0.5) is 5.69 Å². The van der Waals surface area contributed by atoms with Crippen molar-refractivity contribution < 1.29 is 13.2 Å². The van der Waals surface area contributed by atoms with Gasteiger partial charge in [0.2, 0.25) is 15.9 Å². The Labute approximate surface area is 128 Å². The van der Waals surface area contributed by atoms with Gasteiger partial charge in [0.05, 0.1) is 18.5 Å². The number of hydrogen-bond acceptors (Lipinski definition) is 3. The van der Waals surface area contributed by atoms with E-state index in [4.69, 9.17) is 0 Å². The molecule has 7 heteroatoms. The molecule has 1 N–H and O–H groups in total. The van der Waals surface area contributed by atoms with Gasteiger partial charge in [-0.15, -0.1) is 0 Å². The van der Waals surface area contributed by atoms with E-state index in [2.05, 4.69) is 21.2 Å². The van der Waals surface area contributed by atoms with Gasteiger partial charge < -0.3 is 5.32 Å². The first-order valence-corrected chi connectivity index (χ1v) is 8.87. The molecule has 0 aliphatic carbocycles. The topological polar surface area (TPSA) is 66.5 Å². The Bertz CT molecular complexity index is 573. The standard InChI is InChI=1S/C13H19BrN2O3S/c1-10(2)13(17)15-8-9-16(20(3,18)19)12-7-5-4-6-11(12)14/h4-7,10H,8-9H2,1-3H3,(H,15,17). The molecular weight excluding hydrogens is 344 g/mol. The van der Waals surface area contributed by atoms with E-state index in [1.54, 1.807) is 32.0 Å². The molecule has 0 radical (unpaired) electrons. The number of anilines is 1. The fraction of sp³-hybridized carbons (Fsp3) is 0.462. The summed E-state index contributed by atoms with van der Waals surface area (Å²) < 4.78 is 25.7. The van der Waals surface area contributed by atoms with Crippen molar-refractivity contribution in [1.82, 2.24) is 5.32 Å². The van der Waals surface area contributed by atoms with E-state index in [0.29, 0.717) is 10.2 Å². The lowest BCUT2D eigenvalue weighted by Crippen LogP contribution is -2.39. The van der Waals surface area contributed by atoms with Crippen LogP contribution in [0.25, 0.3) is 0 Å². The molecule has 0 bridgehead atoms. The number of benzene rings is 1. The van der Waals surface area contributed by atoms with Crippen LogP contribution in [0.1, 0.15) is 13.8 Å². The van der Waals surface area contributed by atoms with Crippen LogP contribution in [0.3, 0.4) is 0 Å². The third-order valence-electron chi connectivity index (χ3n) is 2.66. The first-order valence-electron chi connectivity index (χ1n) is 6.23. The maximum absolute atomic E-state index is 11.9. The molecule has 0 aliphatic heterocycles. The molecule has 0 saturated heterocycles. The first-order chi connectivity index (χ1) is 9.23. The van der Waals surface area contributed by atoms with E-state index < -0.39 is 10.0 Å². The fourth-order valence-corrected chi connectivity index (χ4v) is 3.16. The highest BCUT2D eigenvalue weighted by Gasteiger charge is 2.19. The highest BCUT2D eigenvalue weighted by atomic mass is 79.9. The average molecular weight is 363 g/mol. The molecule has 1 amide bonds. The van der Waals surface area contributed by atoms with Gasteiger partial charge in [0.25, 0.3) is 0 Å². The Morgan fingerprint density at radius 1 is 1.35 bits per heavy atom. The number of hydrogen-bond donors (Lipinski definition) is 1. The minimum Gasteiger partial charge on any atom is -0.354 e. The SMILES string of the molecule is CC(C)C(=O)NCCN(c1ccccc1Br)S(C)(=O)=O. The average Bonchev–Trinajstić information content (AvgIpc) is 2.34. The Hall–Kier alpha value is -1.08. The van der Waals surface area contributed by atoms with Crippen molar-refractivity contribution >= 4 is 37.5 Å². The number of carbonyl (C=O) groups excluding carboxylic acids is 1. The lowest BCUT2D eigenvalue weighted by Gasteiger charge is -2.23. The second-order valence-electron chi connectivity index (χ2n) is 4.73. The summed E-state index contributed by atoms with van der Waals surface area (Å²) in [5.74, 6) is -0.212. The van der Waals surface area contributed by atoms with Gasteiger partial charge in [-0.05, 0) is 28.1 Å². The van der Waals surface area contributed by atoms with Crippen molar-refractivity contribution in [3.8, 4) is 0 Å². The van der Waals surface area contributed by atoms with Gasteiger partial charge in [0.15, 0.2) is 0 Å². The molecule has 0 fully saturated rings. The maximum Gasteiger partial charge on any atom is 0.232 e. The van der Waals surface area contributed by atoms with Gasteiger partial charge in [-0.1, -0.05) is 26.0 Å². The summed E-state index contributed by atoms with van der Waals surface area (Å²) in [6, 6.07) is 7.08. The maximum atomic E-state index is 11.9. The van der Waals surface area contributed by atoms with E-state index in [1.807, 2.05) is 6.07 Å². The monoisotopic (exact) mass is 362 g/mol. The van der Waals surface area contributed by atoms with Crippen LogP contribution in [0.15, 0.2) is 28.7 Å². The normalized spacial score (nSPS) is 11.4. The van der Waals surface area contributed by atoms with Crippen LogP contribution in [0, 0.1) is 5.92 Å². The zero-order chi connectivity index (χ0) is 15.3. The number of carbonyl (C=O) groups is 1. The Balaban J connectivity index is 2.83. The fourth-order valence-electron chi connectivity index (χ4n) is 1.60. The van der Waals surface area contributed by atoms with E-state index in [9.17, 15) is 13.2 Å². The molecule has 1 aromatic rings. The van der Waals surface area contributed by atoms with Gasteiger partial charge in [-0.25, -0.2) is 8.42 Å². The van der Waals surface area contributed by atoms with Gasteiger partial charge >= 0.3 is 0 Å². The van der Waals surface area contributed by atoms with E-state index in [1.165, 1.54) is 4.31 Å². The van der Waals surface area contributed by atoms with Gasteiger partial charge in [-0.3, -0.25) is 9.10 Å². The third-order valence-corrected chi connectivity index (χ3v) is 4.51. The molecule has 0 aromatic heterocycles. The zero-order valence-corrected chi connectivity index (χ0v) is 14.2. The summed E-state index contributed by atoms with van der Waals surface area (Å²) in [4.78, 5) is 11.5. The van der Waals surface area contributed by atoms with Gasteiger partial charge in [-0.2, -0.15) is 0 Å². The molecular formula is C13H19BrN2O3S. The van der Waals surface area contributed by atoms with E-state index in [0.717, 1.165) is 6.26 Å². The highest BCUT2D eigenvalue weighted by Crippen LogP contribution is 2.27. The summed E-state index contributed by atoms with van der Waals surface area (Å²) in [7, 11) is -3.41. The number of amides is 1. The highest BCUT2D eigenvalue weighted by molar-refractivity contribution is 9.10. The van der Waals surface area contributed by atoms with Crippen molar-refractivity contribution in [2.75, 3.05) is 23.7 Å². The number of sulfonamides is 1. The molecule has 1 aromatic carbocycles. The van der Waals surface area contributed by atoms with Crippen LogP contribution in [0.2, 0.25) is 0 Å². The largest absolute Gasteiger partial charge is 0.354 e. The summed E-state index contributed by atoms with van der Waals surface area (Å²) in [6.07, 6.45) is 1.15. The van der Waals surface area contributed by atoms with Crippen molar-refractivity contribution in [3.63, 3.8) is 0 Å². The number of rotatable bonds is 6. The summed E-state index contributed by atoms with van der Waals surface area (Å²) in [6.45, 7) is 4.04. The van der Waals surface area contributed by atoms with Crippen LogP contribution in [-0.4, -0.2) is 33.7 Å². The van der Waals surface area contributed by atoms with E-state index in [-0.39, 0.29) is 24.9 Å². The number of nitrogens with zero attached hydrogens (tertiary/aromatic N) is 1. The minimum atomic E-state index is -3.41. The van der Waals surface area contributed by atoms with E-state index >= 15 is 0 Å². The van der Waals surface area contributed by atoms with Crippen LogP contribution >= 0.6 is 15.9 Å². The van der Waals surface area contributed by atoms with Gasteiger partial charge in [0, 0.05) is 16.9 Å². The molecule has 112 valence electrons. The molecule has 0 spiro atoms. The van der Waals surface area contributed by atoms with Gasteiger partial charge in [0.1, 0.15) is 0 Å². The summed E-state index contributed by atoms with van der Waals surface area (Å²) >= 11 is 3.34. The van der Waals surface area contributed by atoms with Crippen molar-refractivity contribution in [2.24, 2.45) is 5.92 Å². The second kappa shape index (κ2) is 7.08. The smallest absolute Gasteiger partial charge is 0.232 e. The molecule has 0 saturated carbocycles. The zero-order valence-electron chi connectivity index (χ0n) is 11.8. The molecule has 0 atom stereocenters. The Morgan fingerprint density at radius 2 is 1.95 bits per heavy atom. The minimum absolute atomic E-state index is 0.0921. The first kappa shape index (κ1) is 17.0. The predicted molar refractivity (Wildman–Crippen MR) is 84.2 cm³/mol. The number of nitrogens with one attached hydrogen (secondary N) is 1. The second-order valence-corrected chi connectivity index (χ2v) is 7.49. The molecule has 0 heterocycles. The van der Waals surface area contributed by atoms with Crippen LogP contribution < -0.4 is 9.62 Å². The molecule has 1 rings (SSSR count). The van der Waals surface area contributed by atoms with Crippen LogP contribution in [-0.2, 0) is 14.8 Å². The molecule has 0 aliphatic rings. The lowest BCUT2D eigenvalue weighted by atomic mass is 10.2. The van der Waals surface area contributed by atoms with Crippen molar-refractivity contribution in [2.45, 2.75) is 13.8 Å². The summed E-state index contributed by atoms with van der Waals surface area (Å²) in [5, 5.41) is 2.71. The molecule has 5 nitrogen and oxygen atoms in total. The van der Waals surface area contributed by atoms with Crippen molar-refractivity contribution in [1.29, 1.82) is 0 Å². The Morgan fingerprint density at radius 3 is 2.45 bits per heavy atom. The quantitative estimate of drug-likeness (QED) is 0.841. The lowest BCUT2D eigenvalue weighted by molar-refractivity contribution is -0.123. The Kier molecular flexibility index (Phi) is 6.01. The molecule has 20 heavy (non-hydrogen) atoms. The van der Waals surface area contributed by atoms with Crippen molar-refractivity contribution in [3.05, 3.63) is 28.7 Å².